The van der Waals surface area contributed by atoms with Crippen LogP contribution in [0, 0.1) is 0 Å². The second kappa shape index (κ2) is 6.10. The Labute approximate surface area is 121 Å². The Hall–Kier alpha value is -1.80. The van der Waals surface area contributed by atoms with Gasteiger partial charge in [-0.2, -0.15) is 0 Å². The van der Waals surface area contributed by atoms with E-state index in [9.17, 15) is 0 Å². The molecular formula is C18H22N2. The number of hydrazine groups is 1. The largest absolute Gasteiger partial charge is 0.280 e. The number of benzene rings is 2. The summed E-state index contributed by atoms with van der Waals surface area (Å²) < 4.78 is 0. The van der Waals surface area contributed by atoms with Gasteiger partial charge in [0.2, 0.25) is 0 Å². The normalized spacial score (nSPS) is 16.1. The van der Waals surface area contributed by atoms with E-state index in [0.717, 1.165) is 17.3 Å². The number of nitrogens with two attached hydrogens (primary N) is 1. The van der Waals surface area contributed by atoms with E-state index in [-0.39, 0.29) is 0 Å². The van der Waals surface area contributed by atoms with E-state index in [2.05, 4.69) is 24.3 Å². The van der Waals surface area contributed by atoms with Gasteiger partial charge in [0, 0.05) is 0 Å². The van der Waals surface area contributed by atoms with Crippen LogP contribution in [-0.4, -0.2) is 0 Å². The van der Waals surface area contributed by atoms with Crippen LogP contribution in [0.15, 0.2) is 54.6 Å². The molecule has 0 heterocycles. The Bertz CT molecular complexity index is 527. The maximum atomic E-state index is 6.18. The van der Waals surface area contributed by atoms with E-state index >= 15 is 0 Å². The highest BCUT2D eigenvalue weighted by Crippen LogP contribution is 2.33. The molecule has 1 aliphatic carbocycles. The van der Waals surface area contributed by atoms with Gasteiger partial charge in [0.15, 0.2) is 0 Å². The van der Waals surface area contributed by atoms with E-state index in [1.807, 2.05) is 30.3 Å². The Morgan fingerprint density at radius 1 is 0.750 bits per heavy atom. The molecule has 2 N–H and O–H groups in total. The summed E-state index contributed by atoms with van der Waals surface area (Å²) in [6.45, 7) is 0. The third kappa shape index (κ3) is 2.86. The fourth-order valence-electron chi connectivity index (χ4n) is 3.08. The van der Waals surface area contributed by atoms with Crippen molar-refractivity contribution in [2.45, 2.75) is 38.0 Å². The second-order valence-electron chi connectivity index (χ2n) is 5.63. The number of anilines is 2. The van der Waals surface area contributed by atoms with Crippen LogP contribution in [0.2, 0.25) is 0 Å². The van der Waals surface area contributed by atoms with Crippen LogP contribution >= 0.6 is 0 Å². The molecule has 2 nitrogen and oxygen atoms in total. The minimum Gasteiger partial charge on any atom is -0.280 e. The molecule has 1 aliphatic rings. The van der Waals surface area contributed by atoms with Crippen LogP contribution in [-0.2, 0) is 0 Å². The molecule has 0 unspecified atom stereocenters. The van der Waals surface area contributed by atoms with Gasteiger partial charge in [-0.25, -0.2) is 5.84 Å². The van der Waals surface area contributed by atoms with Crippen molar-refractivity contribution in [1.82, 2.24) is 0 Å². The molecule has 0 aromatic heterocycles. The Balaban J connectivity index is 1.75. The van der Waals surface area contributed by atoms with Crippen molar-refractivity contribution in [3.05, 3.63) is 60.2 Å². The summed E-state index contributed by atoms with van der Waals surface area (Å²) >= 11 is 0. The molecule has 0 radical (unpaired) electrons. The predicted octanol–water partition coefficient (Wildman–Crippen LogP) is 4.75. The second-order valence-corrected chi connectivity index (χ2v) is 5.63. The Kier molecular flexibility index (Phi) is 4.03. The van der Waals surface area contributed by atoms with E-state index < -0.39 is 0 Å². The van der Waals surface area contributed by atoms with Crippen LogP contribution in [0.5, 0.6) is 0 Å². The van der Waals surface area contributed by atoms with Crippen LogP contribution in [0.25, 0.3) is 0 Å². The first-order valence-corrected chi connectivity index (χ1v) is 7.54. The molecule has 20 heavy (non-hydrogen) atoms. The average molecular weight is 266 g/mol. The molecule has 1 saturated carbocycles. The average Bonchev–Trinajstić information content (AvgIpc) is 2.56. The van der Waals surface area contributed by atoms with Crippen LogP contribution in [0.4, 0.5) is 11.4 Å². The molecule has 0 amide bonds. The predicted molar refractivity (Wildman–Crippen MR) is 85.0 cm³/mol. The molecule has 104 valence electrons. The summed E-state index contributed by atoms with van der Waals surface area (Å²) in [5.41, 5.74) is 3.52. The van der Waals surface area contributed by atoms with Crippen molar-refractivity contribution in [2.75, 3.05) is 5.01 Å². The molecule has 0 atom stereocenters. The minimum atomic E-state index is 0.751. The van der Waals surface area contributed by atoms with Crippen molar-refractivity contribution in [1.29, 1.82) is 0 Å². The highest BCUT2D eigenvalue weighted by molar-refractivity contribution is 5.61. The summed E-state index contributed by atoms with van der Waals surface area (Å²) in [6, 6.07) is 18.8. The fraction of sp³-hybridized carbons (Fsp3) is 0.333. The van der Waals surface area contributed by atoms with Gasteiger partial charge < -0.3 is 0 Å². The quantitative estimate of drug-likeness (QED) is 0.642. The zero-order valence-electron chi connectivity index (χ0n) is 11.8. The SMILES string of the molecule is NN(c1ccccc1)c1ccc(C2CCCCC2)cc1. The Morgan fingerprint density at radius 3 is 2.00 bits per heavy atom. The lowest BCUT2D eigenvalue weighted by Crippen LogP contribution is -2.24. The van der Waals surface area contributed by atoms with Gasteiger partial charge in [-0.05, 0) is 48.6 Å². The molecule has 2 aromatic rings. The molecule has 0 saturated heterocycles. The van der Waals surface area contributed by atoms with Gasteiger partial charge in [-0.3, -0.25) is 5.01 Å². The lowest BCUT2D eigenvalue weighted by atomic mass is 9.84. The fourth-order valence-corrected chi connectivity index (χ4v) is 3.08. The van der Waals surface area contributed by atoms with Crippen LogP contribution < -0.4 is 10.9 Å². The molecule has 1 fully saturated rings. The first-order chi connectivity index (χ1) is 9.84. The molecule has 0 aliphatic heterocycles. The van der Waals surface area contributed by atoms with E-state index in [1.54, 1.807) is 5.01 Å². The van der Waals surface area contributed by atoms with Gasteiger partial charge in [-0.1, -0.05) is 49.6 Å². The minimum absolute atomic E-state index is 0.751. The van der Waals surface area contributed by atoms with Gasteiger partial charge in [0.05, 0.1) is 11.4 Å². The Morgan fingerprint density at radius 2 is 1.35 bits per heavy atom. The first-order valence-electron chi connectivity index (χ1n) is 7.54. The summed E-state index contributed by atoms with van der Waals surface area (Å²) in [6.07, 6.45) is 6.83. The molecule has 2 aromatic carbocycles. The monoisotopic (exact) mass is 266 g/mol. The van der Waals surface area contributed by atoms with Gasteiger partial charge in [0.1, 0.15) is 0 Å². The van der Waals surface area contributed by atoms with Gasteiger partial charge in [0.25, 0.3) is 0 Å². The zero-order valence-corrected chi connectivity index (χ0v) is 11.8. The molecular weight excluding hydrogens is 244 g/mol. The van der Waals surface area contributed by atoms with Crippen LogP contribution in [0.1, 0.15) is 43.6 Å². The zero-order chi connectivity index (χ0) is 13.8. The lowest BCUT2D eigenvalue weighted by molar-refractivity contribution is 0.443. The third-order valence-corrected chi connectivity index (χ3v) is 4.28. The highest BCUT2D eigenvalue weighted by Gasteiger charge is 2.15. The molecule has 2 heteroatoms. The number of hydrogen-bond acceptors (Lipinski definition) is 2. The molecule has 0 bridgehead atoms. The van der Waals surface area contributed by atoms with Gasteiger partial charge in [-0.15, -0.1) is 0 Å². The van der Waals surface area contributed by atoms with Crippen molar-refractivity contribution in [2.24, 2.45) is 5.84 Å². The first kappa shape index (κ1) is 13.2. The number of para-hydroxylation sites is 1. The van der Waals surface area contributed by atoms with Gasteiger partial charge >= 0.3 is 0 Å². The molecule has 0 spiro atoms. The molecule has 3 rings (SSSR count). The summed E-state index contributed by atoms with van der Waals surface area (Å²) in [4.78, 5) is 0. The standard InChI is InChI=1S/C18H22N2/c19-20(17-9-5-2-6-10-17)18-13-11-16(12-14-18)15-7-3-1-4-8-15/h2,5-6,9-15H,1,3-4,7-8,19H2. The van der Waals surface area contributed by atoms with Crippen molar-refractivity contribution in [3.63, 3.8) is 0 Å². The number of nitrogens with zero attached hydrogens (tertiary/aromatic N) is 1. The maximum Gasteiger partial charge on any atom is 0.0575 e. The smallest absolute Gasteiger partial charge is 0.0575 e. The van der Waals surface area contributed by atoms with E-state index in [0.29, 0.717) is 0 Å². The summed E-state index contributed by atoms with van der Waals surface area (Å²) in [7, 11) is 0. The third-order valence-electron chi connectivity index (χ3n) is 4.28. The van der Waals surface area contributed by atoms with Crippen molar-refractivity contribution < 1.29 is 0 Å². The van der Waals surface area contributed by atoms with E-state index in [4.69, 9.17) is 5.84 Å². The van der Waals surface area contributed by atoms with Crippen LogP contribution in [0.3, 0.4) is 0 Å². The maximum absolute atomic E-state index is 6.18. The number of hydrogen-bond donors (Lipinski definition) is 1. The topological polar surface area (TPSA) is 29.3 Å². The van der Waals surface area contributed by atoms with E-state index in [1.165, 1.54) is 37.7 Å². The number of rotatable bonds is 3. The highest BCUT2D eigenvalue weighted by atomic mass is 15.4. The van der Waals surface area contributed by atoms with Crippen molar-refractivity contribution >= 4 is 11.4 Å². The lowest BCUT2D eigenvalue weighted by Gasteiger charge is -2.23. The summed E-state index contributed by atoms with van der Waals surface area (Å²) in [5.74, 6) is 6.93. The van der Waals surface area contributed by atoms with Crippen molar-refractivity contribution in [3.8, 4) is 0 Å². The summed E-state index contributed by atoms with van der Waals surface area (Å²) in [5, 5.41) is 1.74.